The zero-order valence-corrected chi connectivity index (χ0v) is 10.8. The first-order valence-electron chi connectivity index (χ1n) is 6.25. The second kappa shape index (κ2) is 5.66. The van der Waals surface area contributed by atoms with Crippen LogP contribution >= 0.6 is 0 Å². The van der Waals surface area contributed by atoms with Crippen molar-refractivity contribution in [1.82, 2.24) is 19.9 Å². The number of hydrogen-bond acceptors (Lipinski definition) is 4. The zero-order valence-electron chi connectivity index (χ0n) is 10.8. The Morgan fingerprint density at radius 2 is 2.33 bits per heavy atom. The van der Waals surface area contributed by atoms with Crippen LogP contribution < -0.4 is 0 Å². The van der Waals surface area contributed by atoms with Crippen LogP contribution in [0.3, 0.4) is 0 Å². The molecule has 0 bridgehead atoms. The summed E-state index contributed by atoms with van der Waals surface area (Å²) >= 11 is 0. The molecule has 2 rings (SSSR count). The normalized spacial score (nSPS) is 15.4. The molecule has 98 valence electrons. The van der Waals surface area contributed by atoms with Crippen LogP contribution in [0, 0.1) is 0 Å². The average molecular weight is 250 g/mol. The molecule has 0 fully saturated rings. The van der Waals surface area contributed by atoms with Crippen LogP contribution in [0.4, 0.5) is 4.79 Å². The molecule has 0 atom stereocenters. The predicted molar refractivity (Wildman–Crippen MR) is 66.9 cm³/mol. The molecule has 0 saturated heterocycles. The minimum absolute atomic E-state index is 0.258. The molecule has 0 saturated carbocycles. The van der Waals surface area contributed by atoms with E-state index >= 15 is 0 Å². The Morgan fingerprint density at radius 1 is 1.50 bits per heavy atom. The van der Waals surface area contributed by atoms with E-state index in [1.165, 1.54) is 0 Å². The molecular weight excluding hydrogens is 232 g/mol. The number of ether oxygens (including phenoxy) is 1. The third kappa shape index (κ3) is 2.69. The molecule has 1 aromatic heterocycles. The first-order chi connectivity index (χ1) is 8.74. The molecule has 0 unspecified atom stereocenters. The molecule has 0 aliphatic carbocycles. The van der Waals surface area contributed by atoms with E-state index in [1.807, 2.05) is 13.8 Å². The van der Waals surface area contributed by atoms with Gasteiger partial charge in [0.25, 0.3) is 0 Å². The number of carbonyl (C=O) groups is 1. The molecule has 2 heterocycles. The van der Waals surface area contributed by atoms with Gasteiger partial charge in [-0.2, -0.15) is 15.0 Å². The maximum absolute atomic E-state index is 11.7. The van der Waals surface area contributed by atoms with Crippen molar-refractivity contribution in [3.8, 4) is 0 Å². The van der Waals surface area contributed by atoms with Crippen LogP contribution in [-0.4, -0.2) is 45.7 Å². The smallest absolute Gasteiger partial charge is 0.410 e. The summed E-state index contributed by atoms with van der Waals surface area (Å²) in [5.41, 5.74) is 1.87. The highest BCUT2D eigenvalue weighted by molar-refractivity contribution is 5.73. The van der Waals surface area contributed by atoms with E-state index < -0.39 is 0 Å². The minimum atomic E-state index is -0.258. The molecule has 0 N–H and O–H groups in total. The van der Waals surface area contributed by atoms with Gasteiger partial charge in [0.1, 0.15) is 5.69 Å². The van der Waals surface area contributed by atoms with E-state index in [4.69, 9.17) is 4.74 Å². The molecule has 1 aliphatic rings. The van der Waals surface area contributed by atoms with Crippen LogP contribution in [0.15, 0.2) is 12.3 Å². The van der Waals surface area contributed by atoms with E-state index in [0.717, 1.165) is 24.2 Å². The highest BCUT2D eigenvalue weighted by Gasteiger charge is 2.21. The fraction of sp³-hybridized carbons (Fsp3) is 0.583. The average Bonchev–Trinajstić information content (AvgIpc) is 2.88. The summed E-state index contributed by atoms with van der Waals surface area (Å²) in [5.74, 6) is 0. The first-order valence-corrected chi connectivity index (χ1v) is 6.25. The van der Waals surface area contributed by atoms with Crippen molar-refractivity contribution in [2.45, 2.75) is 26.8 Å². The van der Waals surface area contributed by atoms with Crippen molar-refractivity contribution in [1.29, 1.82) is 0 Å². The van der Waals surface area contributed by atoms with E-state index in [-0.39, 0.29) is 6.09 Å². The quantitative estimate of drug-likeness (QED) is 0.816. The minimum Gasteiger partial charge on any atom is -0.450 e. The number of aromatic nitrogens is 3. The van der Waals surface area contributed by atoms with Crippen LogP contribution in [0.1, 0.15) is 26.0 Å². The van der Waals surface area contributed by atoms with Gasteiger partial charge in [-0.1, -0.05) is 6.08 Å². The Labute approximate surface area is 106 Å². The highest BCUT2D eigenvalue weighted by atomic mass is 16.6. The summed E-state index contributed by atoms with van der Waals surface area (Å²) in [6, 6.07) is 0. The van der Waals surface area contributed by atoms with Gasteiger partial charge in [-0.3, -0.25) is 0 Å². The molecule has 0 radical (unpaired) electrons. The first kappa shape index (κ1) is 12.6. The predicted octanol–water partition coefficient (Wildman–Crippen LogP) is 1.54. The highest BCUT2D eigenvalue weighted by Crippen LogP contribution is 2.19. The Morgan fingerprint density at radius 3 is 3.00 bits per heavy atom. The molecular formula is C12H18N4O2. The van der Waals surface area contributed by atoms with Crippen molar-refractivity contribution in [2.24, 2.45) is 0 Å². The van der Waals surface area contributed by atoms with Gasteiger partial charge in [0, 0.05) is 6.54 Å². The van der Waals surface area contributed by atoms with E-state index in [0.29, 0.717) is 19.7 Å². The summed E-state index contributed by atoms with van der Waals surface area (Å²) < 4.78 is 5.01. The number of rotatable bonds is 3. The summed E-state index contributed by atoms with van der Waals surface area (Å²) in [4.78, 5) is 15.0. The maximum Gasteiger partial charge on any atom is 0.410 e. The van der Waals surface area contributed by atoms with Crippen LogP contribution in [0.2, 0.25) is 0 Å². The third-order valence-electron chi connectivity index (χ3n) is 2.83. The fourth-order valence-corrected chi connectivity index (χ4v) is 1.90. The van der Waals surface area contributed by atoms with Crippen molar-refractivity contribution in [3.63, 3.8) is 0 Å². The van der Waals surface area contributed by atoms with Crippen LogP contribution in [0.5, 0.6) is 0 Å². The lowest BCUT2D eigenvalue weighted by atomic mass is 10.1. The van der Waals surface area contributed by atoms with Gasteiger partial charge in [0.15, 0.2) is 0 Å². The summed E-state index contributed by atoms with van der Waals surface area (Å²) in [5, 5.41) is 8.50. The monoisotopic (exact) mass is 250 g/mol. The molecule has 1 aliphatic heterocycles. The largest absolute Gasteiger partial charge is 0.450 e. The SMILES string of the molecule is CCOC(=O)N1CCC=C(c2cnn(CC)n2)C1. The molecule has 1 amide bonds. The van der Waals surface area contributed by atoms with Crippen molar-refractivity contribution < 1.29 is 9.53 Å². The molecule has 6 nitrogen and oxygen atoms in total. The topological polar surface area (TPSA) is 60.2 Å². The molecule has 18 heavy (non-hydrogen) atoms. The second-order valence-corrected chi connectivity index (χ2v) is 4.06. The summed E-state index contributed by atoms with van der Waals surface area (Å²) in [6.45, 7) is 6.19. The van der Waals surface area contributed by atoms with Crippen molar-refractivity contribution >= 4 is 11.7 Å². The molecule has 0 spiro atoms. The lowest BCUT2D eigenvalue weighted by molar-refractivity contribution is 0.111. The number of hydrogen-bond donors (Lipinski definition) is 0. The van der Waals surface area contributed by atoms with Gasteiger partial charge in [-0.05, 0) is 25.8 Å². The zero-order chi connectivity index (χ0) is 13.0. The summed E-state index contributed by atoms with van der Waals surface area (Å²) in [6.07, 6.45) is 4.42. The van der Waals surface area contributed by atoms with Gasteiger partial charge in [0.05, 0.1) is 25.9 Å². The van der Waals surface area contributed by atoms with Gasteiger partial charge < -0.3 is 9.64 Å². The van der Waals surface area contributed by atoms with E-state index in [1.54, 1.807) is 15.9 Å². The number of aryl methyl sites for hydroxylation is 1. The molecule has 0 aromatic carbocycles. The van der Waals surface area contributed by atoms with Gasteiger partial charge in [0.2, 0.25) is 0 Å². The summed E-state index contributed by atoms with van der Waals surface area (Å²) in [7, 11) is 0. The van der Waals surface area contributed by atoms with Crippen molar-refractivity contribution in [2.75, 3.05) is 19.7 Å². The van der Waals surface area contributed by atoms with Gasteiger partial charge >= 0.3 is 6.09 Å². The Bertz CT molecular complexity index is 453. The third-order valence-corrected chi connectivity index (χ3v) is 2.83. The molecule has 6 heteroatoms. The van der Waals surface area contributed by atoms with Crippen molar-refractivity contribution in [3.05, 3.63) is 18.0 Å². The van der Waals surface area contributed by atoms with E-state index in [9.17, 15) is 4.79 Å². The number of nitrogens with zero attached hydrogens (tertiary/aromatic N) is 4. The number of carbonyl (C=O) groups excluding carboxylic acids is 1. The Kier molecular flexibility index (Phi) is 3.96. The molecule has 1 aromatic rings. The van der Waals surface area contributed by atoms with Crippen LogP contribution in [0.25, 0.3) is 5.57 Å². The van der Waals surface area contributed by atoms with Crippen LogP contribution in [-0.2, 0) is 11.3 Å². The van der Waals surface area contributed by atoms with Gasteiger partial charge in [-0.15, -0.1) is 0 Å². The van der Waals surface area contributed by atoms with E-state index in [2.05, 4.69) is 16.3 Å². The lowest BCUT2D eigenvalue weighted by Gasteiger charge is -2.25. The lowest BCUT2D eigenvalue weighted by Crippen LogP contribution is -2.35. The maximum atomic E-state index is 11.7. The fourth-order valence-electron chi connectivity index (χ4n) is 1.90. The second-order valence-electron chi connectivity index (χ2n) is 4.06. The standard InChI is InChI=1S/C12H18N4O2/c1-3-16-13-8-11(14-16)10-6-5-7-15(9-10)12(17)18-4-2/h6,8H,3-5,7,9H2,1-2H3. The Balaban J connectivity index is 2.06. The number of amides is 1. The Hall–Kier alpha value is -1.85. The van der Waals surface area contributed by atoms with Gasteiger partial charge in [-0.25, -0.2) is 4.79 Å².